The van der Waals surface area contributed by atoms with E-state index in [2.05, 4.69) is 17.1 Å². The molecule has 0 aliphatic carbocycles. The van der Waals surface area contributed by atoms with Gasteiger partial charge in [-0.25, -0.2) is 0 Å². The highest BCUT2D eigenvalue weighted by Crippen LogP contribution is 2.15. The largest absolute Gasteiger partial charge is 0.267 e. The molecule has 0 atom stereocenters. The van der Waals surface area contributed by atoms with Crippen LogP contribution >= 0.6 is 11.6 Å². The van der Waals surface area contributed by atoms with Crippen molar-refractivity contribution in [2.45, 2.75) is 64.7 Å². The number of nitrogens with zero attached hydrogens (tertiary/aromatic N) is 1. The van der Waals surface area contributed by atoms with Gasteiger partial charge in [-0.05, 0) is 12.8 Å². The second-order valence-electron chi connectivity index (χ2n) is 4.43. The van der Waals surface area contributed by atoms with Crippen molar-refractivity contribution in [3.8, 4) is 0 Å². The van der Waals surface area contributed by atoms with E-state index >= 15 is 0 Å². The van der Waals surface area contributed by atoms with E-state index in [-0.39, 0.29) is 0 Å². The number of aromatic amines is 1. The van der Waals surface area contributed by atoms with Gasteiger partial charge in [0, 0.05) is 5.56 Å². The van der Waals surface area contributed by atoms with Crippen molar-refractivity contribution in [1.82, 2.24) is 10.2 Å². The number of nitrogens with one attached hydrogen (secondary N) is 1. The third kappa shape index (κ3) is 5.55. The van der Waals surface area contributed by atoms with Crippen LogP contribution in [0.1, 0.15) is 63.9 Å². The number of halogens is 1. The van der Waals surface area contributed by atoms with Gasteiger partial charge < -0.3 is 0 Å². The zero-order valence-electron chi connectivity index (χ0n) is 10.3. The van der Waals surface area contributed by atoms with Crippen LogP contribution in [0, 0.1) is 0 Å². The molecular weight excluding hydrogens is 220 g/mol. The molecule has 1 aromatic heterocycles. The fraction of sp³-hybridized carbons (Fsp3) is 0.769. The standard InChI is InChI=1S/C13H23ClN2/c1-2-3-4-5-6-7-8-9-10-12-11-15-16-13(12)14/h11H,2-10H2,1H3,(H,15,16). The minimum atomic E-state index is 0.711. The predicted octanol–water partition coefficient (Wildman–Crippen LogP) is 4.75. The van der Waals surface area contributed by atoms with Crippen LogP contribution < -0.4 is 0 Å². The molecule has 0 saturated heterocycles. The molecule has 2 nitrogen and oxygen atoms in total. The molecule has 0 amide bonds. The van der Waals surface area contributed by atoms with Crippen molar-refractivity contribution in [2.75, 3.05) is 0 Å². The first-order valence-corrected chi connectivity index (χ1v) is 6.90. The summed E-state index contributed by atoms with van der Waals surface area (Å²) in [7, 11) is 0. The fourth-order valence-corrected chi connectivity index (χ4v) is 2.11. The van der Waals surface area contributed by atoms with Gasteiger partial charge in [0.1, 0.15) is 5.15 Å². The lowest BCUT2D eigenvalue weighted by Crippen LogP contribution is -1.85. The number of aryl methyl sites for hydroxylation is 1. The third-order valence-corrected chi connectivity index (χ3v) is 3.29. The lowest BCUT2D eigenvalue weighted by atomic mass is 10.1. The van der Waals surface area contributed by atoms with E-state index in [4.69, 9.17) is 11.6 Å². The van der Waals surface area contributed by atoms with E-state index in [0.29, 0.717) is 5.15 Å². The maximum Gasteiger partial charge on any atom is 0.127 e. The molecule has 0 unspecified atom stereocenters. The molecule has 0 aromatic carbocycles. The highest BCUT2D eigenvalue weighted by molar-refractivity contribution is 6.30. The van der Waals surface area contributed by atoms with Crippen LogP contribution in [0.15, 0.2) is 6.20 Å². The van der Waals surface area contributed by atoms with Crippen molar-refractivity contribution < 1.29 is 0 Å². The molecule has 16 heavy (non-hydrogen) atoms. The molecule has 1 heterocycles. The summed E-state index contributed by atoms with van der Waals surface area (Å²) in [6, 6.07) is 0. The van der Waals surface area contributed by atoms with E-state index < -0.39 is 0 Å². The number of rotatable bonds is 9. The quantitative estimate of drug-likeness (QED) is 0.622. The normalized spacial score (nSPS) is 10.9. The highest BCUT2D eigenvalue weighted by atomic mass is 35.5. The van der Waals surface area contributed by atoms with Crippen molar-refractivity contribution in [3.63, 3.8) is 0 Å². The SMILES string of the molecule is CCCCCCCCCCc1cn[nH]c1Cl. The molecule has 1 rings (SSSR count). The molecule has 0 radical (unpaired) electrons. The Hall–Kier alpha value is -0.500. The Balaban J connectivity index is 1.91. The van der Waals surface area contributed by atoms with Gasteiger partial charge in [0.15, 0.2) is 0 Å². The fourth-order valence-electron chi connectivity index (χ4n) is 1.92. The predicted molar refractivity (Wildman–Crippen MR) is 69.9 cm³/mol. The van der Waals surface area contributed by atoms with E-state index in [0.717, 1.165) is 12.0 Å². The molecule has 1 aromatic rings. The Bertz CT molecular complexity index is 271. The molecular formula is C13H23ClN2. The first-order valence-electron chi connectivity index (χ1n) is 6.52. The summed E-state index contributed by atoms with van der Waals surface area (Å²) < 4.78 is 0. The summed E-state index contributed by atoms with van der Waals surface area (Å²) >= 11 is 5.92. The summed E-state index contributed by atoms with van der Waals surface area (Å²) in [5.74, 6) is 0. The Kier molecular flexibility index (Phi) is 7.32. The summed E-state index contributed by atoms with van der Waals surface area (Å²) in [6.45, 7) is 2.26. The van der Waals surface area contributed by atoms with Gasteiger partial charge in [-0.15, -0.1) is 0 Å². The molecule has 1 N–H and O–H groups in total. The number of hydrogen-bond donors (Lipinski definition) is 1. The number of aromatic nitrogens is 2. The van der Waals surface area contributed by atoms with Crippen LogP contribution in [0.4, 0.5) is 0 Å². The Morgan fingerprint density at radius 3 is 2.25 bits per heavy atom. The Morgan fingerprint density at radius 1 is 1.06 bits per heavy atom. The second-order valence-corrected chi connectivity index (χ2v) is 4.81. The lowest BCUT2D eigenvalue weighted by Gasteiger charge is -2.01. The number of unbranched alkanes of at least 4 members (excludes halogenated alkanes) is 7. The summed E-state index contributed by atoms with van der Waals surface area (Å²) in [6.07, 6.45) is 13.7. The molecule has 0 fully saturated rings. The molecule has 0 aliphatic heterocycles. The van der Waals surface area contributed by atoms with E-state index in [9.17, 15) is 0 Å². The van der Waals surface area contributed by atoms with Gasteiger partial charge in [-0.3, -0.25) is 5.10 Å². The summed E-state index contributed by atoms with van der Waals surface area (Å²) in [5.41, 5.74) is 1.16. The zero-order chi connectivity index (χ0) is 11.6. The van der Waals surface area contributed by atoms with Crippen LogP contribution in [-0.4, -0.2) is 10.2 Å². The van der Waals surface area contributed by atoms with Crippen molar-refractivity contribution in [3.05, 3.63) is 16.9 Å². The van der Waals surface area contributed by atoms with Crippen LogP contribution in [0.2, 0.25) is 5.15 Å². The minimum Gasteiger partial charge on any atom is -0.267 e. The molecule has 0 aliphatic rings. The average molecular weight is 243 g/mol. The van der Waals surface area contributed by atoms with Gasteiger partial charge >= 0.3 is 0 Å². The third-order valence-electron chi connectivity index (χ3n) is 2.96. The number of H-pyrrole nitrogens is 1. The van der Waals surface area contributed by atoms with E-state index in [1.54, 1.807) is 0 Å². The minimum absolute atomic E-state index is 0.711. The lowest BCUT2D eigenvalue weighted by molar-refractivity contribution is 0.575. The smallest absolute Gasteiger partial charge is 0.127 e. The Labute approximate surface area is 104 Å². The maximum atomic E-state index is 5.92. The molecule has 0 spiro atoms. The first-order chi connectivity index (χ1) is 7.84. The maximum absolute atomic E-state index is 5.92. The topological polar surface area (TPSA) is 28.7 Å². The van der Waals surface area contributed by atoms with Gasteiger partial charge in [0.05, 0.1) is 6.20 Å². The second kappa shape index (κ2) is 8.63. The van der Waals surface area contributed by atoms with Crippen molar-refractivity contribution in [1.29, 1.82) is 0 Å². The van der Waals surface area contributed by atoms with Gasteiger partial charge in [-0.2, -0.15) is 5.10 Å². The molecule has 0 bridgehead atoms. The van der Waals surface area contributed by atoms with E-state index in [1.807, 2.05) is 6.20 Å². The van der Waals surface area contributed by atoms with Crippen LogP contribution in [0.3, 0.4) is 0 Å². The van der Waals surface area contributed by atoms with Gasteiger partial charge in [0.2, 0.25) is 0 Å². The number of hydrogen-bond acceptors (Lipinski definition) is 1. The highest BCUT2D eigenvalue weighted by Gasteiger charge is 2.01. The zero-order valence-corrected chi connectivity index (χ0v) is 11.0. The van der Waals surface area contributed by atoms with Gasteiger partial charge in [-0.1, -0.05) is 63.5 Å². The molecule has 3 heteroatoms. The van der Waals surface area contributed by atoms with Crippen molar-refractivity contribution in [2.24, 2.45) is 0 Å². The van der Waals surface area contributed by atoms with Crippen LogP contribution in [0.5, 0.6) is 0 Å². The van der Waals surface area contributed by atoms with Gasteiger partial charge in [0.25, 0.3) is 0 Å². The Morgan fingerprint density at radius 2 is 1.69 bits per heavy atom. The average Bonchev–Trinajstić information content (AvgIpc) is 2.68. The van der Waals surface area contributed by atoms with Crippen LogP contribution in [0.25, 0.3) is 0 Å². The van der Waals surface area contributed by atoms with Crippen molar-refractivity contribution >= 4 is 11.6 Å². The summed E-state index contributed by atoms with van der Waals surface area (Å²) in [4.78, 5) is 0. The molecule has 92 valence electrons. The first kappa shape index (κ1) is 13.6. The monoisotopic (exact) mass is 242 g/mol. The van der Waals surface area contributed by atoms with Crippen LogP contribution in [-0.2, 0) is 6.42 Å². The van der Waals surface area contributed by atoms with E-state index in [1.165, 1.54) is 51.4 Å². The molecule has 0 saturated carbocycles. The summed E-state index contributed by atoms with van der Waals surface area (Å²) in [5, 5.41) is 7.38.